The molecule has 9 heteroatoms. The smallest absolute Gasteiger partial charge is 0.244 e. The number of hydrogen-bond acceptors (Lipinski definition) is 7. The summed E-state index contributed by atoms with van der Waals surface area (Å²) in [6.07, 6.45) is 1.37. The third kappa shape index (κ3) is 5.55. The van der Waals surface area contributed by atoms with Gasteiger partial charge in [0.2, 0.25) is 10.0 Å². The topological polar surface area (TPSA) is 109 Å². The third-order valence-electron chi connectivity index (χ3n) is 3.86. The number of morpholine rings is 1. The Morgan fingerprint density at radius 2 is 2.20 bits per heavy atom. The first kappa shape index (κ1) is 19.9. The van der Waals surface area contributed by atoms with Crippen LogP contribution in [-0.4, -0.2) is 47.4 Å². The SMILES string of the molecule is CCCCN(NCC)c1ccc(N)cc1S(=O)(=O)NC1CNCCO1. The van der Waals surface area contributed by atoms with Gasteiger partial charge in [0.25, 0.3) is 0 Å². The molecule has 1 aliphatic heterocycles. The molecule has 0 spiro atoms. The van der Waals surface area contributed by atoms with E-state index in [1.807, 2.05) is 11.9 Å². The molecular weight excluding hydrogens is 342 g/mol. The van der Waals surface area contributed by atoms with Crippen molar-refractivity contribution in [3.8, 4) is 0 Å². The van der Waals surface area contributed by atoms with Gasteiger partial charge in [-0.05, 0) is 24.6 Å². The number of unbranched alkanes of at least 4 members (excludes halogenated alkanes) is 1. The summed E-state index contributed by atoms with van der Waals surface area (Å²) in [5, 5.41) is 4.98. The van der Waals surface area contributed by atoms with Gasteiger partial charge in [-0.2, -0.15) is 4.72 Å². The fourth-order valence-electron chi connectivity index (χ4n) is 2.64. The van der Waals surface area contributed by atoms with Crippen LogP contribution in [0.5, 0.6) is 0 Å². The maximum atomic E-state index is 12.9. The summed E-state index contributed by atoms with van der Waals surface area (Å²) in [6.45, 7) is 7.09. The molecule has 0 saturated carbocycles. The summed E-state index contributed by atoms with van der Waals surface area (Å²) in [5.74, 6) is 0. The lowest BCUT2D eigenvalue weighted by Crippen LogP contribution is -2.49. The number of anilines is 2. The molecular formula is C16H29N5O3S. The number of nitrogens with zero attached hydrogens (tertiary/aromatic N) is 1. The summed E-state index contributed by atoms with van der Waals surface area (Å²) in [5.41, 5.74) is 10.1. The van der Waals surface area contributed by atoms with Crippen LogP contribution in [0.4, 0.5) is 11.4 Å². The van der Waals surface area contributed by atoms with Crippen molar-refractivity contribution < 1.29 is 13.2 Å². The highest BCUT2D eigenvalue weighted by atomic mass is 32.2. The minimum absolute atomic E-state index is 0.152. The predicted molar refractivity (Wildman–Crippen MR) is 99.7 cm³/mol. The van der Waals surface area contributed by atoms with E-state index in [0.29, 0.717) is 44.2 Å². The van der Waals surface area contributed by atoms with E-state index in [2.05, 4.69) is 22.4 Å². The van der Waals surface area contributed by atoms with Crippen molar-refractivity contribution >= 4 is 21.4 Å². The van der Waals surface area contributed by atoms with Crippen LogP contribution < -0.4 is 26.2 Å². The van der Waals surface area contributed by atoms with Crippen LogP contribution in [0.15, 0.2) is 23.1 Å². The number of rotatable bonds is 9. The molecule has 1 saturated heterocycles. The van der Waals surface area contributed by atoms with Crippen LogP contribution in [0.1, 0.15) is 26.7 Å². The molecule has 0 radical (unpaired) electrons. The van der Waals surface area contributed by atoms with Crippen LogP contribution in [0.2, 0.25) is 0 Å². The molecule has 142 valence electrons. The van der Waals surface area contributed by atoms with Crippen molar-refractivity contribution in [3.63, 3.8) is 0 Å². The zero-order valence-electron chi connectivity index (χ0n) is 14.9. The molecule has 0 bridgehead atoms. The van der Waals surface area contributed by atoms with Gasteiger partial charge in [-0.1, -0.05) is 20.3 Å². The molecule has 0 amide bonds. The zero-order chi connectivity index (χ0) is 18.3. The normalized spacial score (nSPS) is 18.2. The van der Waals surface area contributed by atoms with Crippen molar-refractivity contribution in [3.05, 3.63) is 18.2 Å². The lowest BCUT2D eigenvalue weighted by Gasteiger charge is -2.29. The van der Waals surface area contributed by atoms with Crippen LogP contribution in [0.3, 0.4) is 0 Å². The second-order valence-electron chi connectivity index (χ2n) is 5.93. The molecule has 0 aliphatic carbocycles. The van der Waals surface area contributed by atoms with Gasteiger partial charge in [0, 0.05) is 31.9 Å². The van der Waals surface area contributed by atoms with Gasteiger partial charge >= 0.3 is 0 Å². The van der Waals surface area contributed by atoms with E-state index in [0.717, 1.165) is 12.8 Å². The van der Waals surface area contributed by atoms with Crippen molar-refractivity contribution in [2.45, 2.75) is 37.8 Å². The summed E-state index contributed by atoms with van der Waals surface area (Å²) in [7, 11) is -3.78. The van der Waals surface area contributed by atoms with Gasteiger partial charge in [-0.25, -0.2) is 13.8 Å². The Balaban J connectivity index is 2.32. The van der Waals surface area contributed by atoms with E-state index in [1.165, 1.54) is 6.07 Å². The average molecular weight is 372 g/mol. The first-order valence-corrected chi connectivity index (χ1v) is 10.2. The molecule has 1 aromatic rings. The lowest BCUT2D eigenvalue weighted by molar-refractivity contribution is 0.0220. The number of benzene rings is 1. The fourth-order valence-corrected chi connectivity index (χ4v) is 4.01. The number of hydrogen-bond donors (Lipinski definition) is 4. The standard InChI is InChI=1S/C16H29N5O3S/c1-3-5-9-21(19-4-2)14-7-6-13(17)11-15(14)25(22,23)20-16-12-18-8-10-24-16/h6-7,11,16,18-20H,3-5,8-10,12,17H2,1-2H3. The van der Waals surface area contributed by atoms with E-state index < -0.39 is 16.3 Å². The Hall–Kier alpha value is -1.39. The predicted octanol–water partition coefficient (Wildman–Crippen LogP) is 0.624. The zero-order valence-corrected chi connectivity index (χ0v) is 15.7. The van der Waals surface area contributed by atoms with Crippen molar-refractivity contribution in [2.24, 2.45) is 0 Å². The minimum atomic E-state index is -3.78. The maximum absolute atomic E-state index is 12.9. The number of hydrazine groups is 1. The molecule has 1 heterocycles. The van der Waals surface area contributed by atoms with Gasteiger partial charge < -0.3 is 20.8 Å². The van der Waals surface area contributed by atoms with Crippen LogP contribution in [0, 0.1) is 0 Å². The largest absolute Gasteiger partial charge is 0.399 e. The highest BCUT2D eigenvalue weighted by Gasteiger charge is 2.26. The monoisotopic (exact) mass is 371 g/mol. The Bertz CT molecular complexity index is 647. The fraction of sp³-hybridized carbons (Fsp3) is 0.625. The number of ether oxygens (including phenoxy) is 1. The van der Waals surface area contributed by atoms with E-state index in [4.69, 9.17) is 10.5 Å². The minimum Gasteiger partial charge on any atom is -0.399 e. The van der Waals surface area contributed by atoms with E-state index >= 15 is 0 Å². The summed E-state index contributed by atoms with van der Waals surface area (Å²) in [6, 6.07) is 4.94. The average Bonchev–Trinajstić information content (AvgIpc) is 2.59. The maximum Gasteiger partial charge on any atom is 0.244 e. The van der Waals surface area contributed by atoms with Gasteiger partial charge in [-0.15, -0.1) is 0 Å². The summed E-state index contributed by atoms with van der Waals surface area (Å²) < 4.78 is 33.9. The molecule has 1 fully saturated rings. The molecule has 25 heavy (non-hydrogen) atoms. The quantitative estimate of drug-likeness (QED) is 0.372. The first-order chi connectivity index (χ1) is 12.0. The second kappa shape index (κ2) is 9.35. The molecule has 1 unspecified atom stereocenters. The van der Waals surface area contributed by atoms with E-state index in [9.17, 15) is 8.42 Å². The second-order valence-corrected chi connectivity index (χ2v) is 7.61. The van der Waals surface area contributed by atoms with Crippen LogP contribution in [-0.2, 0) is 14.8 Å². The Labute approximate surface area is 150 Å². The van der Waals surface area contributed by atoms with Gasteiger partial charge in [0.1, 0.15) is 11.1 Å². The molecule has 2 rings (SSSR count). The molecule has 0 aromatic heterocycles. The molecule has 8 nitrogen and oxygen atoms in total. The lowest BCUT2D eigenvalue weighted by atomic mass is 10.2. The van der Waals surface area contributed by atoms with Crippen LogP contribution >= 0.6 is 0 Å². The molecule has 1 aromatic carbocycles. The van der Waals surface area contributed by atoms with Crippen LogP contribution in [0.25, 0.3) is 0 Å². The Morgan fingerprint density at radius 3 is 2.84 bits per heavy atom. The highest BCUT2D eigenvalue weighted by Crippen LogP contribution is 2.27. The number of nitrogen functional groups attached to an aromatic ring is 1. The van der Waals surface area contributed by atoms with E-state index in [-0.39, 0.29) is 4.90 Å². The number of sulfonamides is 1. The number of nitrogens with one attached hydrogen (secondary N) is 3. The first-order valence-electron chi connectivity index (χ1n) is 8.73. The van der Waals surface area contributed by atoms with Crippen molar-refractivity contribution in [1.29, 1.82) is 0 Å². The van der Waals surface area contributed by atoms with Gasteiger partial charge in [0.05, 0.1) is 12.3 Å². The van der Waals surface area contributed by atoms with Gasteiger partial charge in [-0.3, -0.25) is 0 Å². The Kier molecular flexibility index (Phi) is 7.45. The van der Waals surface area contributed by atoms with Crippen molar-refractivity contribution in [1.82, 2.24) is 15.5 Å². The summed E-state index contributed by atoms with van der Waals surface area (Å²) in [4.78, 5) is 0.152. The van der Waals surface area contributed by atoms with E-state index in [1.54, 1.807) is 12.1 Å². The summed E-state index contributed by atoms with van der Waals surface area (Å²) >= 11 is 0. The Morgan fingerprint density at radius 1 is 1.40 bits per heavy atom. The molecule has 5 N–H and O–H groups in total. The molecule has 1 aliphatic rings. The highest BCUT2D eigenvalue weighted by molar-refractivity contribution is 7.89. The van der Waals surface area contributed by atoms with Crippen molar-refractivity contribution in [2.75, 3.05) is 43.5 Å². The third-order valence-corrected chi connectivity index (χ3v) is 5.34. The number of nitrogens with two attached hydrogens (primary N) is 1. The van der Waals surface area contributed by atoms with Gasteiger partial charge in [0.15, 0.2) is 0 Å². The molecule has 1 atom stereocenters.